The lowest BCUT2D eigenvalue weighted by molar-refractivity contribution is -0.519. The molecule has 0 amide bonds. The number of rotatable bonds is 3. The van der Waals surface area contributed by atoms with Gasteiger partial charge in [0.05, 0.1) is 0 Å². The molecule has 0 aromatic heterocycles. The summed E-state index contributed by atoms with van der Waals surface area (Å²) < 4.78 is 2.26. The maximum atomic E-state index is 3.87. The quantitative estimate of drug-likeness (QED) is 0.418. The Hall–Kier alpha value is -1.33. The summed E-state index contributed by atoms with van der Waals surface area (Å²) in [5.41, 5.74) is 8.60. The Bertz CT molecular complexity index is 607. The average Bonchev–Trinajstić information content (AvgIpc) is 2.74. The molecule has 1 aliphatic rings. The second-order valence-corrected chi connectivity index (χ2v) is 13.1. The van der Waals surface area contributed by atoms with E-state index in [9.17, 15) is 0 Å². The van der Waals surface area contributed by atoms with Crippen molar-refractivity contribution in [2.45, 2.75) is 64.2 Å². The summed E-state index contributed by atoms with van der Waals surface area (Å²) in [6.45, 7) is 14.2. The zero-order valence-corrected chi connectivity index (χ0v) is 16.1. The number of hydrogen-bond acceptors (Lipinski definition) is 0. The standard InChI is InChI=1S/C20H30NSi/c1-15(2)22(16(3)4,17(5)6)13-12-20-19-11-9-8-10-18(19)14-21(20)7/h8-11,14-17,20H,1-7H3/q+1. The van der Waals surface area contributed by atoms with Gasteiger partial charge in [-0.2, -0.15) is 0 Å². The molecular formula is C20H30NSi+. The van der Waals surface area contributed by atoms with Gasteiger partial charge in [0, 0.05) is 11.1 Å². The molecule has 0 saturated heterocycles. The molecule has 0 fully saturated rings. The molecule has 0 spiro atoms. The molecule has 1 heterocycles. The Balaban J connectivity index is 2.46. The summed E-state index contributed by atoms with van der Waals surface area (Å²) >= 11 is 0. The molecule has 22 heavy (non-hydrogen) atoms. The van der Waals surface area contributed by atoms with E-state index in [0.717, 1.165) is 0 Å². The smallest absolute Gasteiger partial charge is 0.220 e. The minimum atomic E-state index is -1.65. The fourth-order valence-corrected chi connectivity index (χ4v) is 9.45. The van der Waals surface area contributed by atoms with Crippen LogP contribution in [0.25, 0.3) is 0 Å². The zero-order valence-electron chi connectivity index (χ0n) is 15.1. The summed E-state index contributed by atoms with van der Waals surface area (Å²) in [6, 6.07) is 8.86. The molecule has 0 saturated carbocycles. The molecule has 1 atom stereocenters. The van der Waals surface area contributed by atoms with Crippen LogP contribution in [0.2, 0.25) is 16.6 Å². The van der Waals surface area contributed by atoms with Crippen molar-refractivity contribution in [3.8, 4) is 11.5 Å². The Morgan fingerprint density at radius 2 is 1.50 bits per heavy atom. The van der Waals surface area contributed by atoms with Gasteiger partial charge < -0.3 is 0 Å². The summed E-state index contributed by atoms with van der Waals surface area (Å²) in [6.07, 6.45) is 2.22. The van der Waals surface area contributed by atoms with E-state index >= 15 is 0 Å². The normalized spacial score (nSPS) is 17.5. The van der Waals surface area contributed by atoms with Crippen molar-refractivity contribution in [2.75, 3.05) is 7.05 Å². The lowest BCUT2D eigenvalue weighted by Crippen LogP contribution is -2.43. The van der Waals surface area contributed by atoms with Gasteiger partial charge >= 0.3 is 0 Å². The van der Waals surface area contributed by atoms with Crippen LogP contribution in [0.3, 0.4) is 0 Å². The second-order valence-electron chi connectivity index (χ2n) is 7.49. The monoisotopic (exact) mass is 312 g/mol. The molecule has 1 nitrogen and oxygen atoms in total. The highest BCUT2D eigenvalue weighted by atomic mass is 28.3. The van der Waals surface area contributed by atoms with Gasteiger partial charge in [-0.1, -0.05) is 59.7 Å². The Morgan fingerprint density at radius 1 is 0.955 bits per heavy atom. The van der Waals surface area contributed by atoms with Gasteiger partial charge in [0.15, 0.2) is 6.21 Å². The van der Waals surface area contributed by atoms with E-state index in [2.05, 4.69) is 95.1 Å². The van der Waals surface area contributed by atoms with Crippen molar-refractivity contribution in [1.82, 2.24) is 0 Å². The molecule has 1 aromatic rings. The largest absolute Gasteiger partial charge is 0.239 e. The third-order valence-corrected chi connectivity index (χ3v) is 11.6. The van der Waals surface area contributed by atoms with Crippen molar-refractivity contribution in [3.63, 3.8) is 0 Å². The minimum Gasteiger partial charge on any atom is -0.220 e. The van der Waals surface area contributed by atoms with Gasteiger partial charge in [0.2, 0.25) is 6.04 Å². The first-order valence-corrected chi connectivity index (χ1v) is 10.7. The molecular weight excluding hydrogens is 282 g/mol. The SMILES string of the molecule is CC(C)[Si](C#CC1c2ccccc2C=[N+]1C)(C(C)C)C(C)C. The van der Waals surface area contributed by atoms with Crippen LogP contribution in [0.1, 0.15) is 58.7 Å². The first-order chi connectivity index (χ1) is 10.3. The van der Waals surface area contributed by atoms with Crippen LogP contribution in [-0.4, -0.2) is 25.9 Å². The first-order valence-electron chi connectivity index (χ1n) is 8.49. The van der Waals surface area contributed by atoms with Crippen molar-refractivity contribution in [1.29, 1.82) is 0 Å². The summed E-state index contributed by atoms with van der Waals surface area (Å²) in [4.78, 5) is 0. The van der Waals surface area contributed by atoms with E-state index in [1.165, 1.54) is 11.1 Å². The van der Waals surface area contributed by atoms with E-state index in [0.29, 0.717) is 16.6 Å². The zero-order chi connectivity index (χ0) is 16.5. The highest BCUT2D eigenvalue weighted by molar-refractivity contribution is 6.90. The molecule has 0 radical (unpaired) electrons. The van der Waals surface area contributed by atoms with Crippen molar-refractivity contribution < 1.29 is 4.58 Å². The molecule has 2 rings (SSSR count). The Kier molecular flexibility index (Phi) is 4.97. The second kappa shape index (κ2) is 6.42. The van der Waals surface area contributed by atoms with Gasteiger partial charge in [-0.15, -0.1) is 5.54 Å². The maximum absolute atomic E-state index is 3.87. The average molecular weight is 313 g/mol. The van der Waals surface area contributed by atoms with Crippen LogP contribution in [0.4, 0.5) is 0 Å². The van der Waals surface area contributed by atoms with Crippen LogP contribution >= 0.6 is 0 Å². The number of fused-ring (bicyclic) bond motifs is 1. The van der Waals surface area contributed by atoms with Crippen molar-refractivity contribution >= 4 is 14.3 Å². The van der Waals surface area contributed by atoms with E-state index in [1.54, 1.807) is 0 Å². The van der Waals surface area contributed by atoms with E-state index < -0.39 is 8.07 Å². The van der Waals surface area contributed by atoms with Crippen LogP contribution in [0.15, 0.2) is 24.3 Å². The summed E-state index contributed by atoms with van der Waals surface area (Å²) in [5.74, 6) is 3.68. The van der Waals surface area contributed by atoms with Gasteiger partial charge in [0.1, 0.15) is 15.1 Å². The maximum Gasteiger partial charge on any atom is 0.239 e. The highest BCUT2D eigenvalue weighted by Gasteiger charge is 2.42. The fourth-order valence-electron chi connectivity index (χ4n) is 4.20. The molecule has 2 heteroatoms. The minimum absolute atomic E-state index is 0.222. The number of hydrogen-bond donors (Lipinski definition) is 0. The van der Waals surface area contributed by atoms with E-state index in [1.807, 2.05) is 0 Å². The van der Waals surface area contributed by atoms with Gasteiger partial charge in [0.25, 0.3) is 0 Å². The molecule has 1 aliphatic heterocycles. The van der Waals surface area contributed by atoms with Crippen LogP contribution in [0, 0.1) is 11.5 Å². The lowest BCUT2D eigenvalue weighted by atomic mass is 10.1. The van der Waals surface area contributed by atoms with Crippen molar-refractivity contribution in [3.05, 3.63) is 35.4 Å². The Morgan fingerprint density at radius 3 is 2.05 bits per heavy atom. The first kappa shape index (κ1) is 17.0. The fraction of sp³-hybridized carbons (Fsp3) is 0.550. The number of nitrogens with zero attached hydrogens (tertiary/aromatic N) is 1. The van der Waals surface area contributed by atoms with Gasteiger partial charge in [-0.05, 0) is 28.6 Å². The third kappa shape index (κ3) is 2.79. The van der Waals surface area contributed by atoms with Crippen LogP contribution < -0.4 is 0 Å². The lowest BCUT2D eigenvalue weighted by Gasteiger charge is -2.38. The summed E-state index contributed by atoms with van der Waals surface area (Å²) in [5, 5.41) is 0. The highest BCUT2D eigenvalue weighted by Crippen LogP contribution is 2.41. The molecule has 118 valence electrons. The summed E-state index contributed by atoms with van der Waals surface area (Å²) in [7, 11) is 0.494. The molecule has 0 aliphatic carbocycles. The van der Waals surface area contributed by atoms with Crippen LogP contribution in [0.5, 0.6) is 0 Å². The molecule has 1 aromatic carbocycles. The third-order valence-electron chi connectivity index (χ3n) is 5.33. The number of benzene rings is 1. The van der Waals surface area contributed by atoms with Gasteiger partial charge in [-0.25, -0.2) is 4.58 Å². The topological polar surface area (TPSA) is 3.01 Å². The van der Waals surface area contributed by atoms with Crippen molar-refractivity contribution in [2.24, 2.45) is 0 Å². The molecule has 0 N–H and O–H groups in total. The van der Waals surface area contributed by atoms with E-state index in [4.69, 9.17) is 0 Å². The van der Waals surface area contributed by atoms with Gasteiger partial charge in [-0.3, -0.25) is 0 Å². The van der Waals surface area contributed by atoms with Crippen LogP contribution in [-0.2, 0) is 0 Å². The molecule has 0 bridgehead atoms. The Labute approximate surface area is 137 Å². The molecule has 1 unspecified atom stereocenters. The predicted octanol–water partition coefficient (Wildman–Crippen LogP) is 5.02. The van der Waals surface area contributed by atoms with E-state index in [-0.39, 0.29) is 6.04 Å². The predicted molar refractivity (Wildman–Crippen MR) is 99.4 cm³/mol.